The number of thiophene rings is 1. The number of amides is 1. The molecule has 0 aromatic carbocycles. The second-order valence-corrected chi connectivity index (χ2v) is 7.70. The van der Waals surface area contributed by atoms with E-state index < -0.39 is 17.7 Å². The number of nitrogens with one attached hydrogen (secondary N) is 2. The average Bonchev–Trinajstić information content (AvgIpc) is 2.78. The second kappa shape index (κ2) is 8.88. The van der Waals surface area contributed by atoms with Gasteiger partial charge in [-0.05, 0) is 52.8 Å². The van der Waals surface area contributed by atoms with Crippen molar-refractivity contribution in [1.29, 1.82) is 0 Å². The van der Waals surface area contributed by atoms with E-state index >= 15 is 0 Å². The van der Waals surface area contributed by atoms with Crippen molar-refractivity contribution in [2.24, 2.45) is 0 Å². The van der Waals surface area contributed by atoms with Gasteiger partial charge in [-0.2, -0.15) is 0 Å². The van der Waals surface area contributed by atoms with Gasteiger partial charge in [-0.15, -0.1) is 11.3 Å². The third-order valence-electron chi connectivity index (χ3n) is 2.86. The Kier molecular flexibility index (Phi) is 7.51. The van der Waals surface area contributed by atoms with E-state index in [0.29, 0.717) is 6.54 Å². The zero-order valence-electron chi connectivity index (χ0n) is 14.1. The van der Waals surface area contributed by atoms with E-state index in [1.165, 1.54) is 11.3 Å². The van der Waals surface area contributed by atoms with E-state index in [9.17, 15) is 9.59 Å². The van der Waals surface area contributed by atoms with Crippen LogP contribution in [0.5, 0.6) is 0 Å². The zero-order chi connectivity index (χ0) is 17.5. The predicted octanol–water partition coefficient (Wildman–Crippen LogP) is 2.77. The number of carboxylic acids is 1. The van der Waals surface area contributed by atoms with Gasteiger partial charge in [-0.3, -0.25) is 4.79 Å². The number of hydrogen-bond acceptors (Lipinski definition) is 5. The molecule has 6 nitrogen and oxygen atoms in total. The van der Waals surface area contributed by atoms with Crippen molar-refractivity contribution >= 4 is 23.4 Å². The van der Waals surface area contributed by atoms with Gasteiger partial charge < -0.3 is 20.5 Å². The lowest BCUT2D eigenvalue weighted by molar-refractivity contribution is -0.136. The number of alkyl carbamates (subject to hydrolysis) is 1. The van der Waals surface area contributed by atoms with Crippen molar-refractivity contribution in [3.63, 3.8) is 0 Å². The molecule has 0 radical (unpaired) electrons. The molecule has 1 unspecified atom stereocenters. The van der Waals surface area contributed by atoms with Crippen LogP contribution in [0.3, 0.4) is 0 Å². The first-order valence-corrected chi connectivity index (χ1v) is 8.47. The van der Waals surface area contributed by atoms with E-state index in [2.05, 4.69) is 10.6 Å². The Labute approximate surface area is 141 Å². The Morgan fingerprint density at radius 1 is 1.30 bits per heavy atom. The molecule has 0 spiro atoms. The SMILES string of the molecule is CC(CCNCc1ccc(CC(=O)O)s1)NC(=O)OC(C)(C)C. The van der Waals surface area contributed by atoms with Gasteiger partial charge in [0.15, 0.2) is 0 Å². The van der Waals surface area contributed by atoms with Crippen molar-refractivity contribution in [3.8, 4) is 0 Å². The van der Waals surface area contributed by atoms with E-state index in [1.54, 1.807) is 0 Å². The van der Waals surface area contributed by atoms with Crippen LogP contribution in [0.4, 0.5) is 4.79 Å². The monoisotopic (exact) mass is 342 g/mol. The Bertz CT molecular complexity index is 522. The molecular weight excluding hydrogens is 316 g/mol. The van der Waals surface area contributed by atoms with Crippen LogP contribution < -0.4 is 10.6 Å². The summed E-state index contributed by atoms with van der Waals surface area (Å²) in [4.78, 5) is 24.2. The van der Waals surface area contributed by atoms with Gasteiger partial charge in [0.1, 0.15) is 5.60 Å². The summed E-state index contributed by atoms with van der Waals surface area (Å²) in [7, 11) is 0. The lowest BCUT2D eigenvalue weighted by atomic mass is 10.2. The maximum atomic E-state index is 11.6. The molecule has 0 saturated carbocycles. The lowest BCUT2D eigenvalue weighted by Gasteiger charge is -2.22. The minimum Gasteiger partial charge on any atom is -0.481 e. The highest BCUT2D eigenvalue weighted by Crippen LogP contribution is 2.16. The van der Waals surface area contributed by atoms with Crippen molar-refractivity contribution in [1.82, 2.24) is 10.6 Å². The Morgan fingerprint density at radius 2 is 1.96 bits per heavy atom. The summed E-state index contributed by atoms with van der Waals surface area (Å²) < 4.78 is 5.20. The molecule has 23 heavy (non-hydrogen) atoms. The summed E-state index contributed by atoms with van der Waals surface area (Å²) in [6.07, 6.45) is 0.454. The van der Waals surface area contributed by atoms with Gasteiger partial charge in [0.2, 0.25) is 0 Å². The molecule has 1 aromatic rings. The fraction of sp³-hybridized carbons (Fsp3) is 0.625. The summed E-state index contributed by atoms with van der Waals surface area (Å²) in [5.41, 5.74) is -0.491. The summed E-state index contributed by atoms with van der Waals surface area (Å²) in [5, 5.41) is 14.8. The fourth-order valence-corrected chi connectivity index (χ4v) is 2.85. The van der Waals surface area contributed by atoms with Crippen LogP contribution in [0.2, 0.25) is 0 Å². The minimum atomic E-state index is -0.812. The molecule has 0 saturated heterocycles. The third kappa shape index (κ3) is 9.20. The van der Waals surface area contributed by atoms with Gasteiger partial charge >= 0.3 is 12.1 Å². The standard InChI is InChI=1S/C16H26N2O4S/c1-11(18-15(21)22-16(2,3)4)7-8-17-10-13-6-5-12(23-13)9-14(19)20/h5-6,11,17H,7-10H2,1-4H3,(H,18,21)(H,19,20). The minimum absolute atomic E-state index is 0.0169. The summed E-state index contributed by atoms with van der Waals surface area (Å²) in [6, 6.07) is 3.81. The molecule has 0 aliphatic heterocycles. The summed E-state index contributed by atoms with van der Waals surface area (Å²) in [5.74, 6) is -0.812. The van der Waals surface area contributed by atoms with E-state index in [0.717, 1.165) is 22.7 Å². The summed E-state index contributed by atoms with van der Waals surface area (Å²) >= 11 is 1.50. The maximum Gasteiger partial charge on any atom is 0.407 e. The number of carbonyl (C=O) groups is 2. The van der Waals surface area contributed by atoms with Crippen molar-refractivity contribution in [2.75, 3.05) is 6.54 Å². The zero-order valence-corrected chi connectivity index (χ0v) is 15.0. The predicted molar refractivity (Wildman–Crippen MR) is 90.8 cm³/mol. The Hall–Kier alpha value is -1.60. The van der Waals surface area contributed by atoms with Crippen LogP contribution in [0.15, 0.2) is 12.1 Å². The molecule has 1 atom stereocenters. The normalized spacial score (nSPS) is 12.7. The van der Waals surface area contributed by atoms with Crippen LogP contribution in [0.1, 0.15) is 43.9 Å². The number of hydrogen-bond donors (Lipinski definition) is 3. The Morgan fingerprint density at radius 3 is 2.57 bits per heavy atom. The van der Waals surface area contributed by atoms with Crippen molar-refractivity contribution < 1.29 is 19.4 Å². The largest absolute Gasteiger partial charge is 0.481 e. The molecule has 0 aliphatic rings. The molecule has 0 aliphatic carbocycles. The van der Waals surface area contributed by atoms with Crippen molar-refractivity contribution in [3.05, 3.63) is 21.9 Å². The number of ether oxygens (including phenoxy) is 1. The molecule has 3 N–H and O–H groups in total. The molecule has 130 valence electrons. The highest BCUT2D eigenvalue weighted by atomic mass is 32.1. The number of aliphatic carboxylic acids is 1. The maximum absolute atomic E-state index is 11.6. The topological polar surface area (TPSA) is 87.7 Å². The molecule has 7 heteroatoms. The first kappa shape index (κ1) is 19.4. The van der Waals surface area contributed by atoms with E-state index in [4.69, 9.17) is 9.84 Å². The number of carboxylic acid groups (broad SMARTS) is 1. The molecule has 1 heterocycles. The van der Waals surface area contributed by atoms with Crippen LogP contribution in [0, 0.1) is 0 Å². The lowest BCUT2D eigenvalue weighted by Crippen LogP contribution is -2.38. The van der Waals surface area contributed by atoms with Gasteiger partial charge in [0.05, 0.1) is 6.42 Å². The smallest absolute Gasteiger partial charge is 0.407 e. The first-order valence-electron chi connectivity index (χ1n) is 7.65. The number of carbonyl (C=O) groups excluding carboxylic acids is 1. The molecule has 0 fully saturated rings. The average molecular weight is 342 g/mol. The van der Waals surface area contributed by atoms with Crippen LogP contribution in [0.25, 0.3) is 0 Å². The molecule has 1 amide bonds. The van der Waals surface area contributed by atoms with Crippen LogP contribution in [-0.2, 0) is 22.5 Å². The van der Waals surface area contributed by atoms with E-state index in [-0.39, 0.29) is 12.5 Å². The molecule has 1 aromatic heterocycles. The summed E-state index contributed by atoms with van der Waals surface area (Å²) in [6.45, 7) is 8.88. The van der Waals surface area contributed by atoms with Crippen LogP contribution >= 0.6 is 11.3 Å². The highest BCUT2D eigenvalue weighted by Gasteiger charge is 2.17. The number of rotatable bonds is 8. The third-order valence-corrected chi connectivity index (χ3v) is 3.94. The molecular formula is C16H26N2O4S. The van der Waals surface area contributed by atoms with Crippen molar-refractivity contribution in [2.45, 2.75) is 58.7 Å². The van der Waals surface area contributed by atoms with Crippen LogP contribution in [-0.4, -0.2) is 35.4 Å². The first-order chi connectivity index (χ1) is 10.7. The quantitative estimate of drug-likeness (QED) is 0.632. The van der Waals surface area contributed by atoms with Gasteiger partial charge in [0.25, 0.3) is 0 Å². The molecule has 0 bridgehead atoms. The fourth-order valence-electron chi connectivity index (χ4n) is 1.87. The van der Waals surface area contributed by atoms with Gasteiger partial charge in [-0.25, -0.2) is 4.79 Å². The highest BCUT2D eigenvalue weighted by molar-refractivity contribution is 7.12. The van der Waals surface area contributed by atoms with Gasteiger partial charge in [0, 0.05) is 22.3 Å². The molecule has 1 rings (SSSR count). The van der Waals surface area contributed by atoms with Gasteiger partial charge in [-0.1, -0.05) is 0 Å². The van der Waals surface area contributed by atoms with E-state index in [1.807, 2.05) is 39.8 Å². The second-order valence-electron chi connectivity index (χ2n) is 6.45. The Balaban J connectivity index is 2.20.